The van der Waals surface area contributed by atoms with Crippen molar-refractivity contribution < 1.29 is 8.42 Å². The highest BCUT2D eigenvalue weighted by molar-refractivity contribution is 7.89. The highest BCUT2D eigenvalue weighted by Gasteiger charge is 2.27. The summed E-state index contributed by atoms with van der Waals surface area (Å²) < 4.78 is 26.8. The van der Waals surface area contributed by atoms with Crippen LogP contribution >= 0.6 is 0 Å². The van der Waals surface area contributed by atoms with Crippen LogP contribution in [0.4, 0.5) is 5.82 Å². The van der Waals surface area contributed by atoms with Gasteiger partial charge in [0, 0.05) is 52.0 Å². The zero-order chi connectivity index (χ0) is 20.1. The Bertz CT molecular complexity index is 915. The zero-order valence-electron chi connectivity index (χ0n) is 16.7. The van der Waals surface area contributed by atoms with Gasteiger partial charge >= 0.3 is 0 Å². The molecular formula is C22H28N4O2S. The summed E-state index contributed by atoms with van der Waals surface area (Å²) in [5.74, 6) is 0.852. The maximum atomic E-state index is 12.6. The van der Waals surface area contributed by atoms with Gasteiger partial charge in [-0.2, -0.15) is 4.31 Å². The van der Waals surface area contributed by atoms with E-state index in [1.807, 2.05) is 24.3 Å². The van der Waals surface area contributed by atoms with E-state index in [1.54, 1.807) is 10.4 Å². The Morgan fingerprint density at radius 2 is 1.62 bits per heavy atom. The molecule has 7 heteroatoms. The van der Waals surface area contributed by atoms with Crippen LogP contribution in [-0.4, -0.2) is 68.4 Å². The highest BCUT2D eigenvalue weighted by Crippen LogP contribution is 2.22. The first-order valence-corrected chi connectivity index (χ1v) is 11.7. The van der Waals surface area contributed by atoms with E-state index in [4.69, 9.17) is 0 Å². The lowest BCUT2D eigenvalue weighted by Gasteiger charge is -2.34. The van der Waals surface area contributed by atoms with Crippen molar-refractivity contribution in [1.82, 2.24) is 14.2 Å². The summed E-state index contributed by atoms with van der Waals surface area (Å²) in [4.78, 5) is 9.40. The molecule has 29 heavy (non-hydrogen) atoms. The summed E-state index contributed by atoms with van der Waals surface area (Å²) in [6.07, 6.45) is 7.76. The van der Waals surface area contributed by atoms with Gasteiger partial charge in [0.2, 0.25) is 10.0 Å². The van der Waals surface area contributed by atoms with E-state index < -0.39 is 10.0 Å². The molecule has 2 saturated heterocycles. The molecule has 1 aromatic heterocycles. The monoisotopic (exact) mass is 412 g/mol. The topological polar surface area (TPSA) is 56.8 Å². The third-order valence-electron chi connectivity index (χ3n) is 5.59. The van der Waals surface area contributed by atoms with Crippen molar-refractivity contribution in [2.45, 2.75) is 17.7 Å². The number of aromatic nitrogens is 1. The van der Waals surface area contributed by atoms with Gasteiger partial charge < -0.3 is 4.90 Å². The lowest BCUT2D eigenvalue weighted by molar-refractivity contribution is 0.283. The number of benzene rings is 1. The lowest BCUT2D eigenvalue weighted by atomic mass is 10.2. The van der Waals surface area contributed by atoms with Gasteiger partial charge in [-0.3, -0.25) is 4.90 Å². The molecule has 0 bridgehead atoms. The maximum Gasteiger partial charge on any atom is 0.244 e. The van der Waals surface area contributed by atoms with Gasteiger partial charge in [-0.05, 0) is 30.5 Å². The summed E-state index contributed by atoms with van der Waals surface area (Å²) in [6, 6.07) is 13.9. The largest absolute Gasteiger partial charge is 0.354 e. The van der Waals surface area contributed by atoms with Crippen molar-refractivity contribution >= 4 is 21.9 Å². The Balaban J connectivity index is 1.30. The molecule has 4 rings (SSSR count). The number of pyridine rings is 1. The fourth-order valence-electron chi connectivity index (χ4n) is 3.85. The van der Waals surface area contributed by atoms with Crippen LogP contribution in [0.3, 0.4) is 0 Å². The Morgan fingerprint density at radius 1 is 0.897 bits per heavy atom. The van der Waals surface area contributed by atoms with Crippen LogP contribution in [0.15, 0.2) is 59.6 Å². The number of anilines is 1. The van der Waals surface area contributed by atoms with E-state index in [9.17, 15) is 8.42 Å². The molecule has 0 atom stereocenters. The fraction of sp³-hybridized carbons (Fsp3) is 0.409. The summed E-state index contributed by atoms with van der Waals surface area (Å²) in [7, 11) is -3.39. The SMILES string of the molecule is O=S(=O)(c1ccc(N2CCN(C/C=C/c3ccccc3)CC2)nc1)N1CCCC1. The Labute approximate surface area is 173 Å². The molecule has 0 N–H and O–H groups in total. The van der Waals surface area contributed by atoms with Crippen LogP contribution in [-0.2, 0) is 10.0 Å². The second-order valence-electron chi connectivity index (χ2n) is 7.56. The predicted octanol–water partition coefficient (Wildman–Crippen LogP) is 2.70. The van der Waals surface area contributed by atoms with Crippen LogP contribution in [0.1, 0.15) is 18.4 Å². The predicted molar refractivity (Wildman–Crippen MR) is 116 cm³/mol. The molecule has 6 nitrogen and oxygen atoms in total. The maximum absolute atomic E-state index is 12.6. The molecule has 0 unspecified atom stereocenters. The first kappa shape index (κ1) is 20.1. The minimum absolute atomic E-state index is 0.299. The van der Waals surface area contributed by atoms with E-state index in [0.29, 0.717) is 18.0 Å². The normalized spacial score (nSPS) is 19.2. The van der Waals surface area contributed by atoms with Gasteiger partial charge in [-0.15, -0.1) is 0 Å². The van der Waals surface area contributed by atoms with E-state index in [0.717, 1.165) is 51.4 Å². The molecule has 0 radical (unpaired) electrons. The standard InChI is InChI=1S/C22H28N4O2S/c27-29(28,26-13-4-5-14-26)21-10-11-22(23-19-21)25-17-15-24(16-18-25)12-6-9-20-7-2-1-3-8-20/h1-3,6-11,19H,4-5,12-18H2/b9-6+. The van der Waals surface area contributed by atoms with Crippen molar-refractivity contribution in [3.8, 4) is 0 Å². The summed E-state index contributed by atoms with van der Waals surface area (Å²) in [5, 5.41) is 0. The van der Waals surface area contributed by atoms with Crippen LogP contribution in [0.25, 0.3) is 6.08 Å². The summed E-state index contributed by atoms with van der Waals surface area (Å²) in [6.45, 7) is 5.89. The molecule has 2 aliphatic rings. The smallest absolute Gasteiger partial charge is 0.244 e. The van der Waals surface area contributed by atoms with Gasteiger partial charge in [0.05, 0.1) is 0 Å². The zero-order valence-corrected chi connectivity index (χ0v) is 17.5. The first-order chi connectivity index (χ1) is 14.1. The van der Waals surface area contributed by atoms with E-state index in [1.165, 1.54) is 11.8 Å². The number of sulfonamides is 1. The molecule has 2 aliphatic heterocycles. The Morgan fingerprint density at radius 3 is 2.28 bits per heavy atom. The first-order valence-electron chi connectivity index (χ1n) is 10.3. The summed E-state index contributed by atoms with van der Waals surface area (Å²) in [5.41, 5.74) is 1.22. The molecule has 3 heterocycles. The third kappa shape index (κ3) is 4.86. The number of nitrogens with zero attached hydrogens (tertiary/aromatic N) is 4. The number of hydrogen-bond donors (Lipinski definition) is 0. The Kier molecular flexibility index (Phi) is 6.28. The molecular weight excluding hydrogens is 384 g/mol. The van der Waals surface area contributed by atoms with Crippen LogP contribution < -0.4 is 4.90 Å². The van der Waals surface area contributed by atoms with E-state index in [-0.39, 0.29) is 0 Å². The highest BCUT2D eigenvalue weighted by atomic mass is 32.2. The summed E-state index contributed by atoms with van der Waals surface area (Å²) >= 11 is 0. The minimum atomic E-state index is -3.39. The van der Waals surface area contributed by atoms with Crippen molar-refractivity contribution in [3.05, 3.63) is 60.3 Å². The second kappa shape index (κ2) is 9.07. The fourth-order valence-corrected chi connectivity index (χ4v) is 5.31. The lowest BCUT2D eigenvalue weighted by Crippen LogP contribution is -2.46. The molecule has 1 aromatic carbocycles. The quantitative estimate of drug-likeness (QED) is 0.730. The van der Waals surface area contributed by atoms with Crippen LogP contribution in [0.5, 0.6) is 0 Å². The number of piperazine rings is 1. The molecule has 0 amide bonds. The van der Waals surface area contributed by atoms with Gasteiger partial charge in [0.25, 0.3) is 0 Å². The van der Waals surface area contributed by atoms with E-state index in [2.05, 4.69) is 39.1 Å². The molecule has 154 valence electrons. The van der Waals surface area contributed by atoms with Crippen molar-refractivity contribution in [2.24, 2.45) is 0 Å². The van der Waals surface area contributed by atoms with Gasteiger partial charge in [-0.1, -0.05) is 42.5 Å². The van der Waals surface area contributed by atoms with Crippen molar-refractivity contribution in [3.63, 3.8) is 0 Å². The molecule has 0 spiro atoms. The van der Waals surface area contributed by atoms with E-state index >= 15 is 0 Å². The molecule has 2 fully saturated rings. The Hall–Kier alpha value is -2.22. The molecule has 0 aliphatic carbocycles. The van der Waals surface area contributed by atoms with Gasteiger partial charge in [-0.25, -0.2) is 13.4 Å². The number of rotatable bonds is 6. The average molecular weight is 413 g/mol. The van der Waals surface area contributed by atoms with Crippen molar-refractivity contribution in [2.75, 3.05) is 50.7 Å². The van der Waals surface area contributed by atoms with Gasteiger partial charge in [0.15, 0.2) is 0 Å². The average Bonchev–Trinajstić information content (AvgIpc) is 3.31. The number of hydrogen-bond acceptors (Lipinski definition) is 5. The minimum Gasteiger partial charge on any atom is -0.354 e. The second-order valence-corrected chi connectivity index (χ2v) is 9.50. The molecule has 0 saturated carbocycles. The van der Waals surface area contributed by atoms with Crippen molar-refractivity contribution in [1.29, 1.82) is 0 Å². The van der Waals surface area contributed by atoms with Crippen LogP contribution in [0.2, 0.25) is 0 Å². The van der Waals surface area contributed by atoms with Gasteiger partial charge in [0.1, 0.15) is 10.7 Å². The molecule has 2 aromatic rings. The third-order valence-corrected chi connectivity index (χ3v) is 7.48. The van der Waals surface area contributed by atoms with Crippen LogP contribution in [0, 0.1) is 0 Å².